The Morgan fingerprint density at radius 1 is 0.917 bits per heavy atom. The fourth-order valence-corrected chi connectivity index (χ4v) is 3.38. The van der Waals surface area contributed by atoms with Gasteiger partial charge in [0.1, 0.15) is 11.5 Å². The van der Waals surface area contributed by atoms with Crippen molar-refractivity contribution < 1.29 is 24.6 Å². The third-order valence-electron chi connectivity index (χ3n) is 5.13. The van der Waals surface area contributed by atoms with E-state index in [2.05, 4.69) is 6.92 Å². The molecular weight excluding hydrogens is 306 g/mol. The normalized spacial score (nSPS) is 14.8. The van der Waals surface area contributed by atoms with Crippen molar-refractivity contribution in [3.8, 4) is 0 Å². The first-order valence-corrected chi connectivity index (χ1v) is 9.56. The van der Waals surface area contributed by atoms with E-state index in [1.54, 1.807) is 21.1 Å². The van der Waals surface area contributed by atoms with E-state index in [-0.39, 0.29) is 10.9 Å². The Balaban J connectivity index is 4.19. The lowest BCUT2D eigenvalue weighted by molar-refractivity contribution is -0.918. The molecule has 0 radical (unpaired) electrons. The van der Waals surface area contributed by atoms with Gasteiger partial charge in [0.05, 0.1) is 27.6 Å². The van der Waals surface area contributed by atoms with E-state index in [1.165, 1.54) is 44.9 Å². The standard InChI is InChI=1S/C19H39NO4/c1-5-6-7-8-9-10-11-12-13-14-15-19(18(23)24,16-17(21)22)20(2,3)4/h17,21-22H,5-16H2,1-4H3. The quantitative estimate of drug-likeness (QED) is 0.271. The number of rotatable bonds is 15. The predicted octanol–water partition coefficient (Wildman–Crippen LogP) is 2.19. The largest absolute Gasteiger partial charge is 0.544 e. The van der Waals surface area contributed by atoms with Crippen LogP contribution in [0.4, 0.5) is 0 Å². The third-order valence-corrected chi connectivity index (χ3v) is 5.13. The van der Waals surface area contributed by atoms with E-state index < -0.39 is 17.8 Å². The smallest absolute Gasteiger partial charge is 0.157 e. The number of unbranched alkanes of at least 4 members (excludes halogenated alkanes) is 9. The van der Waals surface area contributed by atoms with Gasteiger partial charge in [-0.25, -0.2) is 0 Å². The molecule has 0 bridgehead atoms. The van der Waals surface area contributed by atoms with Crippen molar-refractivity contribution in [3.63, 3.8) is 0 Å². The second kappa shape index (κ2) is 11.8. The number of aliphatic hydroxyl groups excluding tert-OH is 1. The zero-order valence-corrected chi connectivity index (χ0v) is 16.2. The third kappa shape index (κ3) is 8.45. The number of aliphatic hydroxyl groups is 2. The number of quaternary nitrogens is 1. The van der Waals surface area contributed by atoms with Gasteiger partial charge in [0.2, 0.25) is 0 Å². The van der Waals surface area contributed by atoms with Crippen molar-refractivity contribution >= 4 is 5.97 Å². The van der Waals surface area contributed by atoms with Crippen LogP contribution in [0.1, 0.15) is 84.0 Å². The Bertz CT molecular complexity index is 339. The Morgan fingerprint density at radius 2 is 1.33 bits per heavy atom. The number of carboxylic acids is 1. The molecule has 0 heterocycles. The number of carbonyl (C=O) groups is 1. The van der Waals surface area contributed by atoms with E-state index in [1.807, 2.05) is 0 Å². The van der Waals surface area contributed by atoms with Gasteiger partial charge in [-0.3, -0.25) is 0 Å². The molecule has 2 N–H and O–H groups in total. The van der Waals surface area contributed by atoms with Crippen LogP contribution < -0.4 is 5.11 Å². The molecule has 0 aromatic heterocycles. The second-order valence-electron chi connectivity index (χ2n) is 7.95. The molecule has 5 nitrogen and oxygen atoms in total. The highest BCUT2D eigenvalue weighted by molar-refractivity contribution is 5.75. The van der Waals surface area contributed by atoms with Gasteiger partial charge in [-0.1, -0.05) is 64.7 Å². The van der Waals surface area contributed by atoms with Crippen LogP contribution in [0.3, 0.4) is 0 Å². The lowest BCUT2D eigenvalue weighted by atomic mass is 9.85. The summed E-state index contributed by atoms with van der Waals surface area (Å²) in [6.07, 6.45) is 10.4. The molecule has 0 rings (SSSR count). The Labute approximate surface area is 148 Å². The minimum Gasteiger partial charge on any atom is -0.544 e. The van der Waals surface area contributed by atoms with Crippen LogP contribution in [0.25, 0.3) is 0 Å². The maximum atomic E-state index is 11.7. The summed E-state index contributed by atoms with van der Waals surface area (Å²) >= 11 is 0. The molecule has 24 heavy (non-hydrogen) atoms. The number of nitrogens with zero attached hydrogens (tertiary/aromatic N) is 1. The number of carboxylic acid groups (broad SMARTS) is 1. The fraction of sp³-hybridized carbons (Fsp3) is 0.947. The van der Waals surface area contributed by atoms with Crippen molar-refractivity contribution in [2.75, 3.05) is 21.1 Å². The van der Waals surface area contributed by atoms with Crippen LogP contribution in [-0.2, 0) is 4.79 Å². The summed E-state index contributed by atoms with van der Waals surface area (Å²) in [7, 11) is 5.32. The Kier molecular flexibility index (Phi) is 11.5. The van der Waals surface area contributed by atoms with Gasteiger partial charge in [-0.05, 0) is 6.42 Å². The lowest BCUT2D eigenvalue weighted by Crippen LogP contribution is -2.67. The molecule has 0 aliphatic heterocycles. The highest BCUT2D eigenvalue weighted by atomic mass is 16.5. The molecule has 0 saturated heterocycles. The van der Waals surface area contributed by atoms with Crippen LogP contribution in [0.5, 0.6) is 0 Å². The second-order valence-corrected chi connectivity index (χ2v) is 7.95. The van der Waals surface area contributed by atoms with Gasteiger partial charge < -0.3 is 24.6 Å². The van der Waals surface area contributed by atoms with E-state index >= 15 is 0 Å². The van der Waals surface area contributed by atoms with E-state index in [9.17, 15) is 20.1 Å². The molecule has 144 valence electrons. The van der Waals surface area contributed by atoms with Crippen LogP contribution in [-0.4, -0.2) is 53.6 Å². The molecule has 0 spiro atoms. The average molecular weight is 346 g/mol. The molecule has 5 heteroatoms. The van der Waals surface area contributed by atoms with Gasteiger partial charge in [-0.15, -0.1) is 0 Å². The van der Waals surface area contributed by atoms with Gasteiger partial charge in [0, 0.05) is 6.42 Å². The minimum atomic E-state index is -1.64. The summed E-state index contributed by atoms with van der Waals surface area (Å²) in [4.78, 5) is 11.7. The van der Waals surface area contributed by atoms with Gasteiger partial charge in [0.15, 0.2) is 6.29 Å². The maximum Gasteiger partial charge on any atom is 0.157 e. The maximum absolute atomic E-state index is 11.7. The summed E-state index contributed by atoms with van der Waals surface area (Å²) in [6.45, 7) is 2.22. The molecule has 0 aromatic rings. The fourth-order valence-electron chi connectivity index (χ4n) is 3.38. The first-order valence-electron chi connectivity index (χ1n) is 9.56. The van der Waals surface area contributed by atoms with E-state index in [0.717, 1.165) is 19.3 Å². The SMILES string of the molecule is CCCCCCCCCCCCC(CC(O)O)(C(=O)[O-])[N+](C)(C)C. The Morgan fingerprint density at radius 3 is 1.67 bits per heavy atom. The molecule has 0 aromatic carbocycles. The van der Waals surface area contributed by atoms with Crippen LogP contribution >= 0.6 is 0 Å². The minimum absolute atomic E-state index is 0.129. The van der Waals surface area contributed by atoms with Crippen molar-refractivity contribution in [2.45, 2.75) is 95.8 Å². The predicted molar refractivity (Wildman–Crippen MR) is 95.1 cm³/mol. The van der Waals surface area contributed by atoms with Gasteiger partial charge in [-0.2, -0.15) is 0 Å². The first-order chi connectivity index (χ1) is 11.2. The van der Waals surface area contributed by atoms with Crippen LogP contribution in [0, 0.1) is 0 Å². The number of aliphatic carboxylic acids is 1. The summed E-state index contributed by atoms with van der Waals surface area (Å²) < 4.78 is 0.129. The zero-order valence-electron chi connectivity index (χ0n) is 16.2. The topological polar surface area (TPSA) is 80.6 Å². The molecule has 0 aliphatic rings. The summed E-state index contributed by atoms with van der Waals surface area (Å²) in [5.74, 6) is -1.20. The first kappa shape index (κ1) is 23.4. The van der Waals surface area contributed by atoms with Crippen LogP contribution in [0.2, 0.25) is 0 Å². The molecule has 0 amide bonds. The van der Waals surface area contributed by atoms with Crippen LogP contribution in [0.15, 0.2) is 0 Å². The van der Waals surface area contributed by atoms with Gasteiger partial charge in [0.25, 0.3) is 0 Å². The van der Waals surface area contributed by atoms with Crippen molar-refractivity contribution in [1.82, 2.24) is 0 Å². The number of likely N-dealkylation sites (N-methyl/N-ethyl adjacent to an activating group) is 1. The highest BCUT2D eigenvalue weighted by Crippen LogP contribution is 2.30. The van der Waals surface area contributed by atoms with Crippen molar-refractivity contribution in [3.05, 3.63) is 0 Å². The molecular formula is C19H39NO4. The molecule has 0 saturated carbocycles. The van der Waals surface area contributed by atoms with E-state index in [4.69, 9.17) is 0 Å². The highest BCUT2D eigenvalue weighted by Gasteiger charge is 2.45. The average Bonchev–Trinajstić information content (AvgIpc) is 2.46. The van der Waals surface area contributed by atoms with Crippen molar-refractivity contribution in [2.24, 2.45) is 0 Å². The number of hydrogen-bond acceptors (Lipinski definition) is 4. The summed E-state index contributed by atoms with van der Waals surface area (Å²) in [5, 5.41) is 30.4. The lowest BCUT2D eigenvalue weighted by Gasteiger charge is -2.47. The molecule has 1 unspecified atom stereocenters. The summed E-state index contributed by atoms with van der Waals surface area (Å²) in [6, 6.07) is 0. The number of carbonyl (C=O) groups excluding carboxylic acids is 1. The Hall–Kier alpha value is -0.650. The zero-order chi connectivity index (χ0) is 18.6. The summed E-state index contributed by atoms with van der Waals surface area (Å²) in [5.41, 5.74) is -1.26. The van der Waals surface area contributed by atoms with E-state index in [0.29, 0.717) is 6.42 Å². The van der Waals surface area contributed by atoms with Crippen molar-refractivity contribution in [1.29, 1.82) is 0 Å². The monoisotopic (exact) mass is 345 g/mol. The molecule has 1 atom stereocenters. The molecule has 0 aliphatic carbocycles. The number of hydrogen-bond donors (Lipinski definition) is 2. The molecule has 0 fully saturated rings. The van der Waals surface area contributed by atoms with Gasteiger partial charge >= 0.3 is 0 Å².